The third-order valence-corrected chi connectivity index (χ3v) is 14.7. The van der Waals surface area contributed by atoms with Gasteiger partial charge >= 0.3 is 0 Å². The molecular weight excluding hydrogens is 793 g/mol. The fraction of sp³-hybridized carbons (Fsp3) is 1.00. The number of hydrogen-bond donors (Lipinski definition) is 0. The SMILES string of the molecule is CC(C)C(C)C.CC(C)C1CC1.CCC(C)(C)C.CCC(C)(C)C.CCC(C)CC.CCC(C)CC.CCC1(C)CC1.CCC1C[C@@H]1C.CCCC(C)C.CCCC(C)C.CCCC1CC1. The smallest absolute Gasteiger partial charge is 0.0328 e. The molecule has 0 aromatic heterocycles. The van der Waals surface area contributed by atoms with Crippen LogP contribution in [0.3, 0.4) is 0 Å². The van der Waals surface area contributed by atoms with Gasteiger partial charge in [0.05, 0.1) is 0 Å². The van der Waals surface area contributed by atoms with E-state index in [0.717, 1.165) is 70.5 Å². The molecule has 4 rings (SSSR count). The molecule has 0 saturated heterocycles. The Kier molecular flexibility index (Phi) is 62.3. The second kappa shape index (κ2) is 51.4. The van der Waals surface area contributed by atoms with Crippen LogP contribution >= 0.6 is 0 Å². The lowest BCUT2D eigenvalue weighted by Gasteiger charge is -2.12. The van der Waals surface area contributed by atoms with Crippen LogP contribution in [0, 0.1) is 81.3 Å². The summed E-state index contributed by atoms with van der Waals surface area (Å²) in [5.74, 6) is 10.8. The van der Waals surface area contributed by atoms with Crippen molar-refractivity contribution in [1.82, 2.24) is 0 Å². The van der Waals surface area contributed by atoms with Gasteiger partial charge in [0.25, 0.3) is 0 Å². The van der Waals surface area contributed by atoms with E-state index in [1.807, 2.05) is 0 Å². The minimum Gasteiger partial charge on any atom is -0.0654 e. The minimum atomic E-state index is 0.542. The molecular formula is C66H146. The van der Waals surface area contributed by atoms with Crippen LogP contribution in [0.25, 0.3) is 0 Å². The van der Waals surface area contributed by atoms with Crippen LogP contribution in [-0.2, 0) is 0 Å². The molecule has 0 heterocycles. The Labute approximate surface area is 428 Å². The van der Waals surface area contributed by atoms with Crippen LogP contribution in [0.5, 0.6) is 0 Å². The highest BCUT2D eigenvalue weighted by atomic mass is 14.4. The molecule has 4 aliphatic rings. The van der Waals surface area contributed by atoms with Crippen molar-refractivity contribution >= 4 is 0 Å². The standard InChI is InChI=1S/4C6H12.7C6H14/c1-5(2)6-3-4-6;1-3-6(2)4-5-6;1-3-6-4-5(6)2;1-2-3-6-4-5-6;2*1-5-6(2,3)4;1-5(2)6(3)4;2*1-4-5-6(2)3;2*1-4-6(3)5-2/h5-6H,3-4H2,1-2H3;3-5H2,1-2H3;5-6H,3-4H2,1-2H3;6H,2-5H2,1H3;2*5H2,1-4H3;5-6H,1-4H3;4*6H,4-5H2,1-3H3/t;;5-,6?;;;;;;;;/m..0......../s1. The molecule has 4 fully saturated rings. The Hall–Kier alpha value is 0. The molecule has 0 amide bonds. The topological polar surface area (TPSA) is 0 Å². The highest BCUT2D eigenvalue weighted by molar-refractivity contribution is 4.86. The zero-order chi connectivity index (χ0) is 53.7. The maximum absolute atomic E-state index is 2.35. The molecule has 0 aliphatic heterocycles. The van der Waals surface area contributed by atoms with Crippen molar-refractivity contribution < 1.29 is 0 Å². The van der Waals surface area contributed by atoms with Gasteiger partial charge in [0.2, 0.25) is 0 Å². The van der Waals surface area contributed by atoms with Crippen LogP contribution in [-0.4, -0.2) is 0 Å². The summed E-state index contributed by atoms with van der Waals surface area (Å²) in [4.78, 5) is 0. The first kappa shape index (κ1) is 80.1. The molecule has 2 atom stereocenters. The van der Waals surface area contributed by atoms with E-state index in [0.29, 0.717) is 10.8 Å². The largest absolute Gasteiger partial charge is 0.0654 e. The summed E-state index contributed by atoms with van der Waals surface area (Å²) in [5.41, 5.74) is 1.88. The van der Waals surface area contributed by atoms with E-state index in [9.17, 15) is 0 Å². The molecule has 0 aromatic carbocycles. The third-order valence-electron chi connectivity index (χ3n) is 14.7. The van der Waals surface area contributed by atoms with Crippen molar-refractivity contribution in [2.75, 3.05) is 0 Å². The Morgan fingerprint density at radius 3 is 0.803 bits per heavy atom. The van der Waals surface area contributed by atoms with Crippen molar-refractivity contribution in [2.24, 2.45) is 81.3 Å². The van der Waals surface area contributed by atoms with E-state index < -0.39 is 0 Å². The summed E-state index contributed by atoms with van der Waals surface area (Å²) in [6.07, 6.45) is 29.4. The van der Waals surface area contributed by atoms with E-state index in [-0.39, 0.29) is 0 Å². The number of rotatable bonds is 14. The maximum atomic E-state index is 2.35. The van der Waals surface area contributed by atoms with E-state index in [1.54, 1.807) is 0 Å². The van der Waals surface area contributed by atoms with Gasteiger partial charge in [0, 0.05) is 0 Å². The second-order valence-corrected chi connectivity index (χ2v) is 26.4. The average molecular weight is 940 g/mol. The second-order valence-electron chi connectivity index (χ2n) is 26.4. The highest BCUT2D eigenvalue weighted by Crippen LogP contribution is 2.47. The van der Waals surface area contributed by atoms with Gasteiger partial charge in [-0.25, -0.2) is 0 Å². The van der Waals surface area contributed by atoms with Crippen LogP contribution < -0.4 is 0 Å². The van der Waals surface area contributed by atoms with Gasteiger partial charge < -0.3 is 0 Å². The first-order valence-electron chi connectivity index (χ1n) is 30.3. The van der Waals surface area contributed by atoms with Crippen molar-refractivity contribution in [3.63, 3.8) is 0 Å². The summed E-state index contributed by atoms with van der Waals surface area (Å²) in [7, 11) is 0. The fourth-order valence-electron chi connectivity index (χ4n) is 4.84. The lowest BCUT2D eigenvalue weighted by molar-refractivity contribution is 0.397. The molecule has 4 saturated carbocycles. The van der Waals surface area contributed by atoms with Gasteiger partial charge in [-0.1, -0.05) is 317 Å². The van der Waals surface area contributed by atoms with E-state index in [1.165, 1.54) is 135 Å². The first-order chi connectivity index (χ1) is 30.3. The number of hydrogen-bond acceptors (Lipinski definition) is 0. The van der Waals surface area contributed by atoms with Crippen molar-refractivity contribution in [3.8, 4) is 0 Å². The molecule has 0 aromatic rings. The molecule has 0 N–H and O–H groups in total. The average Bonchev–Trinajstić information content (AvgIpc) is 4.02. The molecule has 0 heteroatoms. The zero-order valence-electron chi connectivity index (χ0n) is 53.7. The van der Waals surface area contributed by atoms with Crippen molar-refractivity contribution in [1.29, 1.82) is 0 Å². The van der Waals surface area contributed by atoms with Crippen LogP contribution in [0.15, 0.2) is 0 Å². The molecule has 410 valence electrons. The van der Waals surface area contributed by atoms with E-state index in [2.05, 4.69) is 215 Å². The highest BCUT2D eigenvalue weighted by Gasteiger charge is 2.34. The predicted molar refractivity (Wildman–Crippen MR) is 319 cm³/mol. The van der Waals surface area contributed by atoms with Gasteiger partial charge in [-0.05, 0) is 113 Å². The quantitative estimate of drug-likeness (QED) is 0.163. The predicted octanol–water partition coefficient (Wildman–Crippen LogP) is 25.5. The van der Waals surface area contributed by atoms with Crippen molar-refractivity contribution in [2.45, 2.75) is 349 Å². The molecule has 1 unspecified atom stereocenters. The lowest BCUT2D eigenvalue weighted by Crippen LogP contribution is -2.00. The van der Waals surface area contributed by atoms with Crippen LogP contribution in [0.1, 0.15) is 349 Å². The van der Waals surface area contributed by atoms with Gasteiger partial charge in [-0.3, -0.25) is 0 Å². The van der Waals surface area contributed by atoms with Gasteiger partial charge in [0.15, 0.2) is 0 Å². The summed E-state index contributed by atoms with van der Waals surface area (Å²) in [5, 5.41) is 0. The molecule has 0 nitrogen and oxygen atoms in total. The Bertz CT molecular complexity index is 768. The van der Waals surface area contributed by atoms with Gasteiger partial charge in [-0.15, -0.1) is 0 Å². The van der Waals surface area contributed by atoms with E-state index in [4.69, 9.17) is 0 Å². The normalized spacial score (nSPS) is 17.2. The molecule has 0 bridgehead atoms. The summed E-state index contributed by atoms with van der Waals surface area (Å²) in [6.45, 7) is 69.9. The fourth-order valence-corrected chi connectivity index (χ4v) is 4.84. The van der Waals surface area contributed by atoms with Crippen molar-refractivity contribution in [3.05, 3.63) is 0 Å². The third kappa shape index (κ3) is 90.4. The molecule has 0 radical (unpaired) electrons. The first-order valence-corrected chi connectivity index (χ1v) is 30.3. The minimum absolute atomic E-state index is 0.542. The molecule has 0 spiro atoms. The molecule has 4 aliphatic carbocycles. The summed E-state index contributed by atoms with van der Waals surface area (Å²) >= 11 is 0. The summed E-state index contributed by atoms with van der Waals surface area (Å²) < 4.78 is 0. The van der Waals surface area contributed by atoms with E-state index >= 15 is 0 Å². The van der Waals surface area contributed by atoms with Gasteiger partial charge in [0.1, 0.15) is 0 Å². The Morgan fingerprint density at radius 1 is 0.485 bits per heavy atom. The maximum Gasteiger partial charge on any atom is -0.0328 e. The molecule has 66 heavy (non-hydrogen) atoms. The van der Waals surface area contributed by atoms with Crippen LogP contribution in [0.4, 0.5) is 0 Å². The van der Waals surface area contributed by atoms with Crippen LogP contribution in [0.2, 0.25) is 0 Å². The zero-order valence-corrected chi connectivity index (χ0v) is 53.7. The Balaban J connectivity index is -0.000000116. The lowest BCUT2D eigenvalue weighted by atomic mass is 9.94. The van der Waals surface area contributed by atoms with Gasteiger partial charge in [-0.2, -0.15) is 0 Å². The summed E-state index contributed by atoms with van der Waals surface area (Å²) in [6, 6.07) is 0. The monoisotopic (exact) mass is 939 g/mol. The Morgan fingerprint density at radius 2 is 0.788 bits per heavy atom.